The monoisotopic (exact) mass is 550 g/mol. The second-order valence-corrected chi connectivity index (χ2v) is 10.1. The van der Waals surface area contributed by atoms with E-state index in [4.69, 9.17) is 0 Å². The topological polar surface area (TPSA) is 133 Å². The van der Waals surface area contributed by atoms with Crippen LogP contribution in [-0.4, -0.2) is 34.0 Å². The molecule has 0 radical (unpaired) electrons. The van der Waals surface area contributed by atoms with Gasteiger partial charge in [-0.3, -0.25) is 9.59 Å². The minimum atomic E-state index is -1.21. The lowest BCUT2D eigenvalue weighted by molar-refractivity contribution is 0.0687. The summed E-state index contributed by atoms with van der Waals surface area (Å²) in [5, 5.41) is 25.0. The van der Waals surface area contributed by atoms with Crippen LogP contribution in [0.2, 0.25) is 0 Å². The van der Waals surface area contributed by atoms with Crippen LogP contribution in [0.25, 0.3) is 0 Å². The highest BCUT2D eigenvalue weighted by molar-refractivity contribution is 6.09. The maximum Gasteiger partial charge on any atom is 0.337 e. The number of benzene rings is 4. The summed E-state index contributed by atoms with van der Waals surface area (Å²) in [7, 11) is 0. The molecule has 8 nitrogen and oxygen atoms in total. The summed E-state index contributed by atoms with van der Waals surface area (Å²) in [6.07, 6.45) is 0.233. The van der Waals surface area contributed by atoms with Gasteiger partial charge in [-0.15, -0.1) is 0 Å². The average Bonchev–Trinajstić information content (AvgIpc) is 2.93. The molecular weight excluding hydrogens is 520 g/mol. The molecule has 2 amide bonds. The minimum absolute atomic E-state index is 0.0876. The molecule has 0 spiro atoms. The number of hydrogen-bond donors (Lipinski definition) is 4. The van der Waals surface area contributed by atoms with Crippen molar-refractivity contribution >= 4 is 35.1 Å². The van der Waals surface area contributed by atoms with Crippen molar-refractivity contribution in [3.05, 3.63) is 128 Å². The van der Waals surface area contributed by atoms with Crippen molar-refractivity contribution in [2.45, 2.75) is 34.1 Å². The molecule has 8 heteroatoms. The van der Waals surface area contributed by atoms with Crippen LogP contribution in [0, 0.1) is 27.7 Å². The molecule has 0 fully saturated rings. The van der Waals surface area contributed by atoms with Gasteiger partial charge >= 0.3 is 11.9 Å². The van der Waals surface area contributed by atoms with E-state index in [-0.39, 0.29) is 28.9 Å². The van der Waals surface area contributed by atoms with E-state index in [0.29, 0.717) is 22.3 Å². The third-order valence-corrected chi connectivity index (χ3v) is 7.07. The molecular formula is C33H30N2O6. The first-order valence-corrected chi connectivity index (χ1v) is 12.9. The van der Waals surface area contributed by atoms with Gasteiger partial charge < -0.3 is 20.8 Å². The lowest BCUT2D eigenvalue weighted by atomic mass is 9.99. The summed E-state index contributed by atoms with van der Waals surface area (Å²) in [5.41, 5.74) is 6.15. The van der Waals surface area contributed by atoms with Crippen molar-refractivity contribution in [2.24, 2.45) is 0 Å². The SMILES string of the molecule is Cc1ccc(C(=O)Nc2ccc(Cc3ccc(NC(=O)c4ccc(C)c(C)c4)c(C(=O)O)c3)cc2C(=O)O)cc1C. The molecule has 0 saturated heterocycles. The lowest BCUT2D eigenvalue weighted by Crippen LogP contribution is -2.16. The van der Waals surface area contributed by atoms with Gasteiger partial charge in [0.1, 0.15) is 0 Å². The lowest BCUT2D eigenvalue weighted by Gasteiger charge is -2.13. The first kappa shape index (κ1) is 28.8. The van der Waals surface area contributed by atoms with E-state index in [1.165, 1.54) is 24.3 Å². The molecule has 0 bridgehead atoms. The molecule has 208 valence electrons. The smallest absolute Gasteiger partial charge is 0.337 e. The highest BCUT2D eigenvalue weighted by Crippen LogP contribution is 2.24. The Bertz CT molecular complexity index is 1580. The van der Waals surface area contributed by atoms with E-state index < -0.39 is 23.8 Å². The summed E-state index contributed by atoms with van der Waals surface area (Å²) in [6.45, 7) is 7.66. The predicted molar refractivity (Wildman–Crippen MR) is 157 cm³/mol. The highest BCUT2D eigenvalue weighted by atomic mass is 16.4. The Morgan fingerprint density at radius 1 is 0.537 bits per heavy atom. The number of rotatable bonds is 8. The fraction of sp³-hybridized carbons (Fsp3) is 0.152. The van der Waals surface area contributed by atoms with Gasteiger partial charge in [-0.2, -0.15) is 0 Å². The second-order valence-electron chi connectivity index (χ2n) is 10.1. The minimum Gasteiger partial charge on any atom is -0.478 e. The number of carboxylic acids is 2. The Morgan fingerprint density at radius 2 is 0.927 bits per heavy atom. The van der Waals surface area contributed by atoms with E-state index in [0.717, 1.165) is 22.3 Å². The third-order valence-electron chi connectivity index (χ3n) is 7.07. The number of nitrogens with one attached hydrogen (secondary N) is 2. The Kier molecular flexibility index (Phi) is 8.33. The zero-order valence-electron chi connectivity index (χ0n) is 23.2. The van der Waals surface area contributed by atoms with Crippen LogP contribution in [0.1, 0.15) is 74.8 Å². The molecule has 4 N–H and O–H groups in total. The van der Waals surface area contributed by atoms with Crippen molar-refractivity contribution in [3.63, 3.8) is 0 Å². The normalized spacial score (nSPS) is 10.6. The van der Waals surface area contributed by atoms with Crippen molar-refractivity contribution in [1.82, 2.24) is 0 Å². The number of anilines is 2. The Hall–Kier alpha value is -5.24. The summed E-state index contributed by atoms with van der Waals surface area (Å²) < 4.78 is 0. The molecule has 4 aromatic carbocycles. The Morgan fingerprint density at radius 3 is 1.27 bits per heavy atom. The van der Waals surface area contributed by atoms with E-state index >= 15 is 0 Å². The van der Waals surface area contributed by atoms with Crippen LogP contribution in [-0.2, 0) is 6.42 Å². The van der Waals surface area contributed by atoms with Crippen molar-refractivity contribution in [2.75, 3.05) is 10.6 Å². The van der Waals surface area contributed by atoms with Crippen molar-refractivity contribution < 1.29 is 29.4 Å². The summed E-state index contributed by atoms with van der Waals surface area (Å²) in [4.78, 5) is 49.6. The fourth-order valence-corrected chi connectivity index (χ4v) is 4.36. The van der Waals surface area contributed by atoms with Gasteiger partial charge in [0, 0.05) is 11.1 Å². The summed E-state index contributed by atoms with van der Waals surface area (Å²) >= 11 is 0. The van der Waals surface area contributed by atoms with Gasteiger partial charge in [0.05, 0.1) is 22.5 Å². The molecule has 41 heavy (non-hydrogen) atoms. The standard InChI is InChI=1S/C33H30N2O6/c1-18-5-9-24(13-20(18)3)30(36)34-28-11-7-22(16-26(28)32(38)39)15-23-8-12-29(27(17-23)33(40)41)35-31(37)25-10-6-19(2)21(4)14-25/h5-14,16-17H,15H2,1-4H3,(H,34,36)(H,35,37)(H,38,39)(H,40,41). The van der Waals surface area contributed by atoms with Crippen LogP contribution in [0.5, 0.6) is 0 Å². The average molecular weight is 551 g/mol. The largest absolute Gasteiger partial charge is 0.478 e. The Labute approximate surface area is 237 Å². The van der Waals surface area contributed by atoms with Gasteiger partial charge in [0.2, 0.25) is 0 Å². The predicted octanol–water partition coefficient (Wildman–Crippen LogP) is 6.41. The van der Waals surface area contributed by atoms with Crippen molar-refractivity contribution in [3.8, 4) is 0 Å². The maximum atomic E-state index is 12.8. The number of amides is 2. The summed E-state index contributed by atoms with van der Waals surface area (Å²) in [6, 6.07) is 19.8. The summed E-state index contributed by atoms with van der Waals surface area (Å²) in [5.74, 6) is -3.27. The number of carboxylic acid groups (broad SMARTS) is 2. The molecule has 0 heterocycles. The van der Waals surface area contributed by atoms with Crippen LogP contribution in [0.4, 0.5) is 11.4 Å². The highest BCUT2D eigenvalue weighted by Gasteiger charge is 2.18. The number of aryl methyl sites for hydroxylation is 4. The number of aromatic carboxylic acids is 2. The van der Waals surface area contributed by atoms with Crippen LogP contribution in [0.3, 0.4) is 0 Å². The van der Waals surface area contributed by atoms with Crippen LogP contribution < -0.4 is 10.6 Å². The molecule has 0 saturated carbocycles. The molecule has 0 aliphatic heterocycles. The van der Waals surface area contributed by atoms with Crippen molar-refractivity contribution in [1.29, 1.82) is 0 Å². The van der Waals surface area contributed by atoms with Gasteiger partial charge in [0.25, 0.3) is 11.8 Å². The second kappa shape index (κ2) is 11.9. The van der Waals surface area contributed by atoms with E-state index in [2.05, 4.69) is 10.6 Å². The van der Waals surface area contributed by atoms with Gasteiger partial charge in [0.15, 0.2) is 0 Å². The fourth-order valence-electron chi connectivity index (χ4n) is 4.36. The van der Waals surface area contributed by atoms with Crippen LogP contribution >= 0.6 is 0 Å². The number of carbonyl (C=O) groups is 4. The Balaban J connectivity index is 1.55. The molecule has 4 rings (SSSR count). The molecule has 0 aromatic heterocycles. The molecule has 0 aliphatic rings. The zero-order chi connectivity index (χ0) is 29.8. The molecule has 0 unspecified atom stereocenters. The molecule has 0 atom stereocenters. The maximum absolute atomic E-state index is 12.8. The van der Waals surface area contributed by atoms with Gasteiger partial charge in [-0.05, 0) is 116 Å². The van der Waals surface area contributed by atoms with E-state index in [1.807, 2.05) is 39.8 Å². The van der Waals surface area contributed by atoms with Gasteiger partial charge in [-0.1, -0.05) is 24.3 Å². The van der Waals surface area contributed by atoms with E-state index in [1.54, 1.807) is 36.4 Å². The quantitative estimate of drug-likeness (QED) is 0.200. The first-order valence-electron chi connectivity index (χ1n) is 12.9. The van der Waals surface area contributed by atoms with Crippen LogP contribution in [0.15, 0.2) is 72.8 Å². The third kappa shape index (κ3) is 6.67. The molecule has 0 aliphatic carbocycles. The van der Waals surface area contributed by atoms with Gasteiger partial charge in [-0.25, -0.2) is 9.59 Å². The zero-order valence-corrected chi connectivity index (χ0v) is 23.2. The molecule has 4 aromatic rings. The van der Waals surface area contributed by atoms with E-state index in [9.17, 15) is 29.4 Å². The first-order chi connectivity index (χ1) is 19.4. The number of hydrogen-bond acceptors (Lipinski definition) is 4. The number of carbonyl (C=O) groups excluding carboxylic acids is 2.